The van der Waals surface area contributed by atoms with Gasteiger partial charge in [-0.25, -0.2) is 0 Å². The molecule has 0 aromatic rings. The summed E-state index contributed by atoms with van der Waals surface area (Å²) in [5.74, 6) is 0. The first kappa shape index (κ1) is 63.1. The SMILES string of the molecule is O=P([O-])([O-])O[C@@H]1[C@H](OP(=O)([O-])[O-])[C@@H](OP(=O)([O-])[O-])[C@H](O)[C@@H](O)[C@@H]1OP(=O)([O-])[O-].[Na+].[Na+].[Na+].[Na+].[Na+].[Na+].[Na+].[Na+]. The predicted molar refractivity (Wildman–Crippen MR) is 61.9 cm³/mol. The van der Waals surface area contributed by atoms with Crippen LogP contribution in [0.25, 0.3) is 0 Å². The Bertz CT molecular complexity index is 692. The number of hydrogen-bond donors (Lipinski definition) is 2. The van der Waals surface area contributed by atoms with Gasteiger partial charge in [0.05, 0.1) is 31.3 Å². The van der Waals surface area contributed by atoms with Crippen molar-refractivity contribution >= 4 is 31.3 Å². The summed E-state index contributed by atoms with van der Waals surface area (Å²) < 4.78 is 58.0. The molecule has 0 unspecified atom stereocenters. The maximum absolute atomic E-state index is 10.8. The van der Waals surface area contributed by atoms with Crippen LogP contribution in [-0.2, 0) is 36.4 Å². The van der Waals surface area contributed by atoms with Crippen molar-refractivity contribution in [2.45, 2.75) is 36.6 Å². The van der Waals surface area contributed by atoms with Gasteiger partial charge in [0.25, 0.3) is 0 Å². The van der Waals surface area contributed by atoms with Crippen LogP contribution in [0.2, 0.25) is 0 Å². The first-order valence-corrected chi connectivity index (χ1v) is 12.2. The summed E-state index contributed by atoms with van der Waals surface area (Å²) in [5, 5.41) is 19.5. The molecule has 1 aliphatic rings. The third-order valence-corrected chi connectivity index (χ3v) is 5.00. The van der Waals surface area contributed by atoms with Crippen molar-refractivity contribution in [3.05, 3.63) is 0 Å². The minimum absolute atomic E-state index is 0. The summed E-state index contributed by atoms with van der Waals surface area (Å²) in [6.45, 7) is 0. The number of aliphatic hydroxyl groups is 2. The summed E-state index contributed by atoms with van der Waals surface area (Å²) in [6.07, 6.45) is -17.6. The Balaban J connectivity index is -0.000000163. The van der Waals surface area contributed by atoms with Crippen molar-refractivity contribution in [1.82, 2.24) is 0 Å². The van der Waals surface area contributed by atoms with Crippen molar-refractivity contribution in [2.24, 2.45) is 0 Å². The quantitative estimate of drug-likeness (QED) is 0.178. The third kappa shape index (κ3) is 26.4. The molecule has 18 nitrogen and oxygen atoms in total. The van der Waals surface area contributed by atoms with Gasteiger partial charge in [-0.15, -0.1) is 0 Å². The van der Waals surface area contributed by atoms with Crippen molar-refractivity contribution in [3.63, 3.8) is 0 Å². The van der Waals surface area contributed by atoms with Crippen LogP contribution in [0.5, 0.6) is 0 Å². The fourth-order valence-electron chi connectivity index (χ4n) is 2.23. The number of hydrogen-bond acceptors (Lipinski definition) is 18. The first-order chi connectivity index (χ1) is 12.2. The normalized spacial score (nSPS) is 25.7. The minimum Gasteiger partial charge on any atom is -0.790 e. The van der Waals surface area contributed by atoms with E-state index in [1.54, 1.807) is 0 Å². The Morgan fingerprint density at radius 2 is 0.528 bits per heavy atom. The zero-order valence-corrected chi connectivity index (χ0v) is 40.3. The Kier molecular flexibility index (Phi) is 46.1. The van der Waals surface area contributed by atoms with Crippen LogP contribution >= 0.6 is 31.3 Å². The average molecular weight is 676 g/mol. The average Bonchev–Trinajstić information content (AvgIpc) is 2.39. The fourth-order valence-corrected chi connectivity index (χ4v) is 4.39. The van der Waals surface area contributed by atoms with Gasteiger partial charge >= 0.3 is 236 Å². The van der Waals surface area contributed by atoms with Gasteiger partial charge in [-0.2, -0.15) is 0 Å². The molecule has 6 atom stereocenters. The van der Waals surface area contributed by atoms with E-state index in [1.165, 1.54) is 0 Å². The standard InChI is InChI=1S/C6H16O18P4.8Na/c7-1-2(8)4(22-26(12,13)14)6(24-28(18,19)20)5(23-27(15,16)17)3(1)21-25(9,10)11;;;;;;;;/h1-8H,(H2,9,10,11)(H2,12,13,14)(H2,15,16,17)(H2,18,19,20);;;;;;;;/q;8*+1/p-8/t1-,2-,3+,4+,5-,6+;;;;;;;;/m1......../s1. The zero-order valence-electron chi connectivity index (χ0n) is 20.7. The van der Waals surface area contributed by atoms with Gasteiger partial charge in [0.15, 0.2) is 0 Å². The van der Waals surface area contributed by atoms with E-state index in [-0.39, 0.29) is 236 Å². The van der Waals surface area contributed by atoms with Crippen LogP contribution in [0, 0.1) is 0 Å². The summed E-state index contributed by atoms with van der Waals surface area (Å²) in [6, 6.07) is 0. The van der Waals surface area contributed by atoms with Gasteiger partial charge in [-0.1, -0.05) is 0 Å². The van der Waals surface area contributed by atoms with E-state index in [0.717, 1.165) is 0 Å². The zero-order chi connectivity index (χ0) is 22.3. The molecule has 36 heavy (non-hydrogen) atoms. The van der Waals surface area contributed by atoms with E-state index >= 15 is 0 Å². The van der Waals surface area contributed by atoms with Crippen LogP contribution in [0.3, 0.4) is 0 Å². The minimum atomic E-state index is -6.28. The van der Waals surface area contributed by atoms with Crippen LogP contribution in [0.1, 0.15) is 0 Å². The molecule has 0 amide bonds. The molecule has 1 rings (SSSR count). The van der Waals surface area contributed by atoms with Crippen LogP contribution in [0.15, 0.2) is 0 Å². The Labute approximate surface area is 381 Å². The van der Waals surface area contributed by atoms with E-state index in [9.17, 15) is 67.6 Å². The topological polar surface area (TPSA) is 330 Å². The predicted octanol–water partition coefficient (Wildman–Crippen LogP) is -32.4. The number of aliphatic hydroxyl groups excluding tert-OH is 2. The molecule has 1 saturated carbocycles. The van der Waals surface area contributed by atoms with Crippen LogP contribution in [-0.4, -0.2) is 46.8 Å². The molecule has 0 heterocycles. The summed E-state index contributed by atoms with van der Waals surface area (Å²) in [7, 11) is -24.9. The molecule has 0 aromatic carbocycles. The smallest absolute Gasteiger partial charge is 0.790 e. The van der Waals surface area contributed by atoms with Crippen molar-refractivity contribution in [3.8, 4) is 0 Å². The summed E-state index contributed by atoms with van der Waals surface area (Å²) in [5.41, 5.74) is 0. The van der Waals surface area contributed by atoms with Crippen LogP contribution in [0.4, 0.5) is 0 Å². The molecule has 0 spiro atoms. The van der Waals surface area contributed by atoms with Crippen molar-refractivity contribution in [2.75, 3.05) is 0 Å². The van der Waals surface area contributed by atoms with Gasteiger partial charge in [-0.3, -0.25) is 0 Å². The van der Waals surface area contributed by atoms with Gasteiger partial charge < -0.3 is 85.7 Å². The molecule has 1 aliphatic carbocycles. The molecule has 168 valence electrons. The molecule has 0 bridgehead atoms. The van der Waals surface area contributed by atoms with E-state index in [2.05, 4.69) is 18.1 Å². The molecular weight excluding hydrogens is 668 g/mol. The third-order valence-electron chi connectivity index (χ3n) is 3.00. The van der Waals surface area contributed by atoms with E-state index in [4.69, 9.17) is 0 Å². The molecule has 0 saturated heterocycles. The Morgan fingerprint density at radius 1 is 0.389 bits per heavy atom. The molecule has 0 aliphatic heterocycles. The van der Waals surface area contributed by atoms with E-state index in [1.807, 2.05) is 0 Å². The molecule has 0 aromatic heterocycles. The second kappa shape index (κ2) is 26.3. The fraction of sp³-hybridized carbons (Fsp3) is 1.00. The second-order valence-corrected chi connectivity index (χ2v) is 9.47. The van der Waals surface area contributed by atoms with Gasteiger partial charge in [0.1, 0.15) is 36.6 Å². The molecule has 1 fully saturated rings. The second-order valence-electron chi connectivity index (χ2n) is 5.05. The number of phosphoric acid groups is 4. The van der Waals surface area contributed by atoms with Gasteiger partial charge in [0, 0.05) is 0 Å². The Hall–Kier alpha value is 8.36. The number of rotatable bonds is 8. The molecular formula is C6H8Na8O18P4. The van der Waals surface area contributed by atoms with Gasteiger partial charge in [0.2, 0.25) is 0 Å². The van der Waals surface area contributed by atoms with Crippen molar-refractivity contribution in [1.29, 1.82) is 0 Å². The first-order valence-electron chi connectivity index (χ1n) is 6.38. The largest absolute Gasteiger partial charge is 1.00 e. The molecule has 2 N–H and O–H groups in total. The number of phosphoric ester groups is 4. The molecule has 30 heteroatoms. The summed E-state index contributed by atoms with van der Waals surface area (Å²) >= 11 is 0. The van der Waals surface area contributed by atoms with E-state index < -0.39 is 67.9 Å². The maximum atomic E-state index is 10.8. The van der Waals surface area contributed by atoms with Crippen molar-refractivity contribution < 1.29 is 322 Å². The van der Waals surface area contributed by atoms with Crippen LogP contribution < -0.4 is 276 Å². The monoisotopic (exact) mass is 676 g/mol. The molecule has 0 radical (unpaired) electrons. The maximum Gasteiger partial charge on any atom is 1.00 e. The van der Waals surface area contributed by atoms with Gasteiger partial charge in [-0.05, 0) is 0 Å². The van der Waals surface area contributed by atoms with E-state index in [0.29, 0.717) is 0 Å². The Morgan fingerprint density at radius 3 is 0.667 bits per heavy atom. The summed E-state index contributed by atoms with van der Waals surface area (Å²) in [4.78, 5) is 86.3.